The van der Waals surface area contributed by atoms with Gasteiger partial charge < -0.3 is 16.0 Å². The fourth-order valence-electron chi connectivity index (χ4n) is 3.96. The van der Waals surface area contributed by atoms with Gasteiger partial charge in [0.2, 0.25) is 5.91 Å². The predicted molar refractivity (Wildman–Crippen MR) is 87.0 cm³/mol. The second-order valence-corrected chi connectivity index (χ2v) is 7.20. The lowest BCUT2D eigenvalue weighted by Gasteiger charge is -2.35. The Morgan fingerprint density at radius 2 is 2.14 bits per heavy atom. The summed E-state index contributed by atoms with van der Waals surface area (Å²) in [6.45, 7) is 6.43. The molecule has 4 nitrogen and oxygen atoms in total. The third-order valence-electron chi connectivity index (χ3n) is 5.78. The van der Waals surface area contributed by atoms with E-state index < -0.39 is 5.54 Å². The van der Waals surface area contributed by atoms with E-state index in [-0.39, 0.29) is 5.91 Å². The summed E-state index contributed by atoms with van der Waals surface area (Å²) in [4.78, 5) is 14.6. The minimum absolute atomic E-state index is 0.142. The third kappa shape index (κ3) is 3.78. The summed E-state index contributed by atoms with van der Waals surface area (Å²) in [5.74, 6) is 1.16. The molecule has 0 aromatic rings. The Balaban J connectivity index is 1.91. The Bertz CT molecular complexity index is 356. The first-order valence-electron chi connectivity index (χ1n) is 8.76. The van der Waals surface area contributed by atoms with Crippen LogP contribution in [0.3, 0.4) is 0 Å². The summed E-state index contributed by atoms with van der Waals surface area (Å²) in [5, 5.41) is 3.49. The van der Waals surface area contributed by atoms with Crippen LogP contribution in [0.4, 0.5) is 0 Å². The smallest absolute Gasteiger partial charge is 0.238 e. The molecule has 2 aliphatic carbocycles. The van der Waals surface area contributed by atoms with Crippen LogP contribution >= 0.6 is 0 Å². The van der Waals surface area contributed by atoms with Crippen LogP contribution in [0.1, 0.15) is 58.8 Å². The van der Waals surface area contributed by atoms with Crippen LogP contribution in [0.25, 0.3) is 0 Å². The molecule has 1 amide bonds. The minimum atomic E-state index is -0.445. The van der Waals surface area contributed by atoms with E-state index in [9.17, 15) is 4.79 Å². The quantitative estimate of drug-likeness (QED) is 0.685. The van der Waals surface area contributed by atoms with Gasteiger partial charge in [-0.3, -0.25) is 4.79 Å². The normalized spacial score (nSPS) is 30.8. The van der Waals surface area contributed by atoms with Gasteiger partial charge in [0.05, 0.1) is 0 Å². The molecule has 0 heterocycles. The Hall–Kier alpha value is -0.610. The predicted octanol–water partition coefficient (Wildman–Crippen LogP) is 2.13. The van der Waals surface area contributed by atoms with E-state index in [0.717, 1.165) is 51.1 Å². The highest BCUT2D eigenvalue weighted by Crippen LogP contribution is 2.39. The molecule has 21 heavy (non-hydrogen) atoms. The molecule has 0 radical (unpaired) electrons. The van der Waals surface area contributed by atoms with Crippen molar-refractivity contribution in [2.24, 2.45) is 17.6 Å². The van der Waals surface area contributed by atoms with E-state index in [1.165, 1.54) is 12.8 Å². The van der Waals surface area contributed by atoms with Gasteiger partial charge in [-0.05, 0) is 77.4 Å². The lowest BCUT2D eigenvalue weighted by molar-refractivity contribution is -0.126. The van der Waals surface area contributed by atoms with Crippen molar-refractivity contribution in [2.45, 2.75) is 70.4 Å². The molecule has 0 aromatic carbocycles. The number of hydrogen-bond donors (Lipinski definition) is 2. The lowest BCUT2D eigenvalue weighted by Crippen LogP contribution is -2.58. The number of hydrogen-bond acceptors (Lipinski definition) is 3. The molecule has 4 heteroatoms. The zero-order valence-corrected chi connectivity index (χ0v) is 14.0. The highest BCUT2D eigenvalue weighted by atomic mass is 16.1. The van der Waals surface area contributed by atoms with Gasteiger partial charge in [0.15, 0.2) is 0 Å². The van der Waals surface area contributed by atoms with E-state index in [2.05, 4.69) is 31.1 Å². The van der Waals surface area contributed by atoms with Crippen LogP contribution in [0.5, 0.6) is 0 Å². The molecular formula is C17H33N3O. The maximum Gasteiger partial charge on any atom is 0.238 e. The maximum absolute atomic E-state index is 12.1. The first-order chi connectivity index (χ1) is 10.0. The fourth-order valence-corrected chi connectivity index (χ4v) is 3.96. The minimum Gasteiger partial charge on any atom is -0.368 e. The summed E-state index contributed by atoms with van der Waals surface area (Å²) < 4.78 is 0. The summed E-state index contributed by atoms with van der Waals surface area (Å²) >= 11 is 0. The molecule has 0 saturated heterocycles. The van der Waals surface area contributed by atoms with E-state index in [1.54, 1.807) is 0 Å². The van der Waals surface area contributed by atoms with Crippen molar-refractivity contribution in [1.82, 2.24) is 10.2 Å². The number of amides is 1. The number of rotatable bonds is 9. The van der Waals surface area contributed by atoms with Gasteiger partial charge in [-0.2, -0.15) is 0 Å². The van der Waals surface area contributed by atoms with Gasteiger partial charge in [0, 0.05) is 6.04 Å². The van der Waals surface area contributed by atoms with Gasteiger partial charge in [-0.25, -0.2) is 0 Å². The summed E-state index contributed by atoms with van der Waals surface area (Å²) in [5.41, 5.74) is 5.33. The van der Waals surface area contributed by atoms with Crippen molar-refractivity contribution in [1.29, 1.82) is 0 Å². The Morgan fingerprint density at radius 3 is 2.71 bits per heavy atom. The van der Waals surface area contributed by atoms with Gasteiger partial charge in [0.25, 0.3) is 0 Å². The van der Waals surface area contributed by atoms with Crippen LogP contribution in [-0.2, 0) is 4.79 Å². The lowest BCUT2D eigenvalue weighted by atomic mass is 9.83. The van der Waals surface area contributed by atoms with Crippen LogP contribution in [0.2, 0.25) is 0 Å². The number of carbonyl (C=O) groups is 1. The van der Waals surface area contributed by atoms with Crippen molar-refractivity contribution in [3.8, 4) is 0 Å². The van der Waals surface area contributed by atoms with Gasteiger partial charge in [-0.15, -0.1) is 0 Å². The molecule has 2 aliphatic rings. The molecular weight excluding hydrogens is 262 g/mol. The third-order valence-corrected chi connectivity index (χ3v) is 5.78. The van der Waals surface area contributed by atoms with Crippen molar-refractivity contribution >= 4 is 5.91 Å². The largest absolute Gasteiger partial charge is 0.368 e. The van der Waals surface area contributed by atoms with Crippen molar-refractivity contribution in [3.63, 3.8) is 0 Å². The number of carbonyl (C=O) groups excluding carboxylic acids is 1. The highest BCUT2D eigenvalue weighted by Gasteiger charge is 2.47. The van der Waals surface area contributed by atoms with E-state index in [0.29, 0.717) is 12.0 Å². The Morgan fingerprint density at radius 1 is 1.43 bits per heavy atom. The summed E-state index contributed by atoms with van der Waals surface area (Å²) in [7, 11) is 2.23. The van der Waals surface area contributed by atoms with Gasteiger partial charge in [-0.1, -0.05) is 13.3 Å². The number of primary amides is 1. The first-order valence-corrected chi connectivity index (χ1v) is 8.76. The number of nitrogens with zero attached hydrogens (tertiary/aromatic N) is 1. The molecule has 0 aliphatic heterocycles. The van der Waals surface area contributed by atoms with E-state index in [1.807, 2.05) is 0 Å². The van der Waals surface area contributed by atoms with Crippen molar-refractivity contribution < 1.29 is 4.79 Å². The first kappa shape index (κ1) is 16.8. The topological polar surface area (TPSA) is 58.4 Å². The van der Waals surface area contributed by atoms with Crippen LogP contribution in [0.15, 0.2) is 0 Å². The van der Waals surface area contributed by atoms with Gasteiger partial charge >= 0.3 is 0 Å². The molecule has 0 aromatic heterocycles. The SMILES string of the molecule is CCCNC1(C(N)=O)CCCC1CCN(C)C(C)C1CC1. The van der Waals surface area contributed by atoms with Crippen LogP contribution in [0, 0.1) is 11.8 Å². The summed E-state index contributed by atoms with van der Waals surface area (Å²) in [6, 6.07) is 0.679. The standard InChI is InChI=1S/C17H33N3O/c1-4-11-19-17(16(18)21)10-5-6-15(17)9-12-20(3)13(2)14-7-8-14/h13-15,19H,4-12H2,1-3H3,(H2,18,21). The Labute approximate surface area is 129 Å². The maximum atomic E-state index is 12.1. The second-order valence-electron chi connectivity index (χ2n) is 7.20. The highest BCUT2D eigenvalue weighted by molar-refractivity contribution is 5.85. The molecule has 2 rings (SSSR count). The number of nitrogens with one attached hydrogen (secondary N) is 1. The molecule has 3 unspecified atom stereocenters. The molecule has 2 fully saturated rings. The fraction of sp³-hybridized carbons (Fsp3) is 0.941. The molecule has 3 N–H and O–H groups in total. The molecule has 0 bridgehead atoms. The van der Waals surface area contributed by atoms with Gasteiger partial charge in [0.1, 0.15) is 5.54 Å². The molecule has 0 spiro atoms. The van der Waals surface area contributed by atoms with E-state index >= 15 is 0 Å². The Kier molecular flexibility index (Phi) is 5.67. The molecule has 122 valence electrons. The summed E-state index contributed by atoms with van der Waals surface area (Å²) in [6.07, 6.45) is 8.05. The average Bonchev–Trinajstić information content (AvgIpc) is 3.22. The second kappa shape index (κ2) is 7.10. The van der Waals surface area contributed by atoms with E-state index in [4.69, 9.17) is 5.73 Å². The van der Waals surface area contributed by atoms with Crippen molar-refractivity contribution in [3.05, 3.63) is 0 Å². The molecule has 3 atom stereocenters. The average molecular weight is 295 g/mol. The van der Waals surface area contributed by atoms with Crippen LogP contribution in [-0.4, -0.2) is 42.5 Å². The van der Waals surface area contributed by atoms with Crippen molar-refractivity contribution in [2.75, 3.05) is 20.1 Å². The molecule has 2 saturated carbocycles. The number of nitrogens with two attached hydrogens (primary N) is 1. The zero-order valence-electron chi connectivity index (χ0n) is 14.0. The van der Waals surface area contributed by atoms with Crippen LogP contribution < -0.4 is 11.1 Å². The zero-order chi connectivity index (χ0) is 15.5. The monoisotopic (exact) mass is 295 g/mol.